The van der Waals surface area contributed by atoms with Crippen LogP contribution in [0, 0.1) is 12.3 Å². The molecule has 0 saturated carbocycles. The van der Waals surface area contributed by atoms with E-state index in [9.17, 15) is 5.11 Å². The van der Waals surface area contributed by atoms with Crippen LogP contribution in [0.5, 0.6) is 0 Å². The highest BCUT2D eigenvalue weighted by atomic mass is 16.3. The highest BCUT2D eigenvalue weighted by Crippen LogP contribution is 2.24. The maximum atomic E-state index is 10.0. The van der Waals surface area contributed by atoms with Crippen LogP contribution in [0.4, 0.5) is 0 Å². The number of terminal acetylenes is 1. The average molecular weight is 188 g/mol. The van der Waals surface area contributed by atoms with Crippen molar-refractivity contribution in [2.24, 2.45) is 0 Å². The summed E-state index contributed by atoms with van der Waals surface area (Å²) in [5.74, 6) is 2.49. The molecule has 1 rings (SSSR count). The molecule has 1 unspecified atom stereocenters. The van der Waals surface area contributed by atoms with Crippen molar-refractivity contribution in [1.82, 2.24) is 0 Å². The normalized spacial score (nSPS) is 14.4. The van der Waals surface area contributed by atoms with Crippen molar-refractivity contribution < 1.29 is 5.11 Å². The molecule has 1 heteroatoms. The third-order valence-corrected chi connectivity index (χ3v) is 2.43. The summed E-state index contributed by atoms with van der Waals surface area (Å²) in [4.78, 5) is 0. The third kappa shape index (κ3) is 2.37. The second kappa shape index (κ2) is 4.30. The van der Waals surface area contributed by atoms with Gasteiger partial charge in [0.2, 0.25) is 0 Å². The van der Waals surface area contributed by atoms with Crippen molar-refractivity contribution in [3.63, 3.8) is 0 Å². The van der Waals surface area contributed by atoms with E-state index in [2.05, 4.69) is 12.8 Å². The molecule has 14 heavy (non-hydrogen) atoms. The Kier molecular flexibility index (Phi) is 3.33. The summed E-state index contributed by atoms with van der Waals surface area (Å²) in [6.07, 6.45) is 6.56. The molecule has 0 heterocycles. The first-order chi connectivity index (χ1) is 6.60. The zero-order valence-corrected chi connectivity index (χ0v) is 8.75. The van der Waals surface area contributed by atoms with E-state index in [0.717, 1.165) is 12.0 Å². The van der Waals surface area contributed by atoms with E-state index in [0.29, 0.717) is 6.42 Å². The molecule has 0 amide bonds. The van der Waals surface area contributed by atoms with Crippen LogP contribution in [0.15, 0.2) is 24.3 Å². The highest BCUT2D eigenvalue weighted by molar-refractivity contribution is 5.27. The van der Waals surface area contributed by atoms with Crippen LogP contribution in [-0.2, 0) is 12.0 Å². The van der Waals surface area contributed by atoms with Gasteiger partial charge in [0.25, 0.3) is 0 Å². The van der Waals surface area contributed by atoms with Gasteiger partial charge in [0.15, 0.2) is 0 Å². The maximum Gasteiger partial charge on any atom is 0.0977 e. The van der Waals surface area contributed by atoms with Crippen LogP contribution < -0.4 is 0 Å². The first-order valence-electron chi connectivity index (χ1n) is 4.85. The van der Waals surface area contributed by atoms with Crippen molar-refractivity contribution in [3.05, 3.63) is 35.4 Å². The summed E-state index contributed by atoms with van der Waals surface area (Å²) in [6, 6.07) is 7.94. The summed E-state index contributed by atoms with van der Waals surface area (Å²) in [5.41, 5.74) is 1.25. The minimum Gasteiger partial charge on any atom is -0.384 e. The fraction of sp³-hybridized carbons (Fsp3) is 0.385. The lowest BCUT2D eigenvalue weighted by molar-refractivity contribution is 0.0629. The van der Waals surface area contributed by atoms with E-state index >= 15 is 0 Å². The molecule has 0 bridgehead atoms. The smallest absolute Gasteiger partial charge is 0.0977 e. The van der Waals surface area contributed by atoms with Crippen molar-refractivity contribution in [1.29, 1.82) is 0 Å². The lowest BCUT2D eigenvalue weighted by atomic mass is 9.92. The minimum atomic E-state index is -0.902. The molecule has 0 fully saturated rings. The fourth-order valence-electron chi connectivity index (χ4n) is 1.40. The lowest BCUT2D eigenvalue weighted by Gasteiger charge is -2.21. The van der Waals surface area contributed by atoms with E-state index in [-0.39, 0.29) is 0 Å². The maximum absolute atomic E-state index is 10.0. The van der Waals surface area contributed by atoms with Crippen molar-refractivity contribution >= 4 is 0 Å². The Bertz CT molecular complexity index is 327. The van der Waals surface area contributed by atoms with Gasteiger partial charge in [-0.15, -0.1) is 12.3 Å². The SMILES string of the molecule is C#CCC(C)(O)c1ccc(CC)cc1. The largest absolute Gasteiger partial charge is 0.384 e. The number of rotatable bonds is 3. The van der Waals surface area contributed by atoms with E-state index in [1.165, 1.54) is 5.56 Å². The first kappa shape index (κ1) is 10.8. The lowest BCUT2D eigenvalue weighted by Crippen LogP contribution is -2.20. The Morgan fingerprint density at radius 1 is 1.36 bits per heavy atom. The Morgan fingerprint density at radius 2 is 1.93 bits per heavy atom. The summed E-state index contributed by atoms with van der Waals surface area (Å²) >= 11 is 0. The number of hydrogen-bond donors (Lipinski definition) is 1. The molecule has 0 radical (unpaired) electrons. The number of benzene rings is 1. The zero-order valence-electron chi connectivity index (χ0n) is 8.75. The van der Waals surface area contributed by atoms with Crippen LogP contribution in [0.1, 0.15) is 31.4 Å². The van der Waals surface area contributed by atoms with Gasteiger partial charge in [-0.3, -0.25) is 0 Å². The predicted molar refractivity (Wildman–Crippen MR) is 58.8 cm³/mol. The molecule has 1 nitrogen and oxygen atoms in total. The molecule has 1 aromatic carbocycles. The van der Waals surface area contributed by atoms with Gasteiger partial charge in [0.1, 0.15) is 0 Å². The molecule has 1 atom stereocenters. The van der Waals surface area contributed by atoms with Gasteiger partial charge in [-0.25, -0.2) is 0 Å². The van der Waals surface area contributed by atoms with Crippen LogP contribution in [-0.4, -0.2) is 5.11 Å². The fourth-order valence-corrected chi connectivity index (χ4v) is 1.40. The Hall–Kier alpha value is -1.26. The summed E-state index contributed by atoms with van der Waals surface area (Å²) < 4.78 is 0. The van der Waals surface area contributed by atoms with Crippen molar-refractivity contribution in [3.8, 4) is 12.3 Å². The topological polar surface area (TPSA) is 20.2 Å². The van der Waals surface area contributed by atoms with Crippen LogP contribution in [0.25, 0.3) is 0 Å². The van der Waals surface area contributed by atoms with E-state index in [1.807, 2.05) is 24.3 Å². The molecule has 1 aromatic rings. The molecule has 0 aliphatic rings. The minimum absolute atomic E-state index is 0.346. The van der Waals surface area contributed by atoms with Gasteiger partial charge >= 0.3 is 0 Å². The summed E-state index contributed by atoms with van der Waals surface area (Å²) in [5, 5.41) is 10.0. The Balaban J connectivity index is 2.92. The molecular formula is C13H16O. The highest BCUT2D eigenvalue weighted by Gasteiger charge is 2.21. The molecule has 0 spiro atoms. The first-order valence-corrected chi connectivity index (χ1v) is 4.85. The van der Waals surface area contributed by atoms with Gasteiger partial charge in [-0.05, 0) is 24.5 Å². The monoisotopic (exact) mass is 188 g/mol. The van der Waals surface area contributed by atoms with Crippen LogP contribution >= 0.6 is 0 Å². The van der Waals surface area contributed by atoms with Crippen molar-refractivity contribution in [2.75, 3.05) is 0 Å². The molecule has 1 N–H and O–H groups in total. The van der Waals surface area contributed by atoms with E-state index in [1.54, 1.807) is 6.92 Å². The quantitative estimate of drug-likeness (QED) is 0.722. The van der Waals surface area contributed by atoms with Gasteiger partial charge in [0, 0.05) is 6.42 Å². The standard InChI is InChI=1S/C13H16O/c1-4-10-13(3,14)12-8-6-11(5-2)7-9-12/h1,6-9,14H,5,10H2,2-3H3. The molecule has 0 aromatic heterocycles. The molecule has 0 aliphatic carbocycles. The number of aryl methyl sites for hydroxylation is 1. The summed E-state index contributed by atoms with van der Waals surface area (Å²) in [6.45, 7) is 3.85. The number of hydrogen-bond acceptors (Lipinski definition) is 1. The van der Waals surface area contributed by atoms with Gasteiger partial charge < -0.3 is 5.11 Å². The predicted octanol–water partition coefficient (Wildman–Crippen LogP) is 2.48. The zero-order chi connectivity index (χ0) is 10.6. The van der Waals surface area contributed by atoms with Crippen molar-refractivity contribution in [2.45, 2.75) is 32.3 Å². The van der Waals surface area contributed by atoms with Gasteiger partial charge in [0.05, 0.1) is 5.60 Å². The molecule has 0 aliphatic heterocycles. The molecule has 74 valence electrons. The second-order valence-electron chi connectivity index (χ2n) is 3.71. The summed E-state index contributed by atoms with van der Waals surface area (Å²) in [7, 11) is 0. The third-order valence-electron chi connectivity index (χ3n) is 2.43. The van der Waals surface area contributed by atoms with E-state index < -0.39 is 5.60 Å². The van der Waals surface area contributed by atoms with Gasteiger partial charge in [-0.2, -0.15) is 0 Å². The Morgan fingerprint density at radius 3 is 2.36 bits per heavy atom. The van der Waals surface area contributed by atoms with Crippen LogP contribution in [0.3, 0.4) is 0 Å². The Labute approximate surface area is 85.8 Å². The molecular weight excluding hydrogens is 172 g/mol. The number of aliphatic hydroxyl groups is 1. The van der Waals surface area contributed by atoms with Crippen LogP contribution in [0.2, 0.25) is 0 Å². The molecule has 0 saturated heterocycles. The van der Waals surface area contributed by atoms with Gasteiger partial charge in [-0.1, -0.05) is 31.2 Å². The second-order valence-corrected chi connectivity index (χ2v) is 3.71. The van der Waals surface area contributed by atoms with E-state index in [4.69, 9.17) is 6.42 Å². The average Bonchev–Trinajstić information content (AvgIpc) is 2.18.